The molecule has 0 N–H and O–H groups in total. The Hall–Kier alpha value is -2.95. The summed E-state index contributed by atoms with van der Waals surface area (Å²) in [6.45, 7) is 1.67. The van der Waals surface area contributed by atoms with E-state index in [0.29, 0.717) is 5.56 Å². The van der Waals surface area contributed by atoms with Crippen LogP contribution in [0.5, 0.6) is 0 Å². The summed E-state index contributed by atoms with van der Waals surface area (Å²) < 4.78 is 9.49. The van der Waals surface area contributed by atoms with E-state index in [2.05, 4.69) is 4.74 Å². The fourth-order valence-electron chi connectivity index (χ4n) is 1.98. The van der Waals surface area contributed by atoms with Crippen LogP contribution in [0.25, 0.3) is 0 Å². The van der Waals surface area contributed by atoms with Gasteiger partial charge < -0.3 is 9.47 Å². The maximum absolute atomic E-state index is 12.2. The number of ether oxygens (including phenoxy) is 2. The summed E-state index contributed by atoms with van der Waals surface area (Å²) in [5.74, 6) is -2.32. The third-order valence-electron chi connectivity index (χ3n) is 3.08. The van der Waals surface area contributed by atoms with Crippen LogP contribution < -0.4 is 0 Å². The van der Waals surface area contributed by atoms with Crippen molar-refractivity contribution in [3.63, 3.8) is 0 Å². The molecule has 0 unspecified atom stereocenters. The van der Waals surface area contributed by atoms with Crippen molar-refractivity contribution in [1.29, 1.82) is 0 Å². The standard InChI is InChI=1S/C17H14O5/c1-11-7-6-10-13(14(11)17(20)21-2)16(19)22-15(18)12-8-4-3-5-9-12/h3-10H,1-2H3. The molecule has 0 aliphatic carbocycles. The van der Waals surface area contributed by atoms with Gasteiger partial charge in [-0.1, -0.05) is 30.3 Å². The summed E-state index contributed by atoms with van der Waals surface area (Å²) >= 11 is 0. The molecule has 0 aliphatic heterocycles. The van der Waals surface area contributed by atoms with E-state index in [9.17, 15) is 14.4 Å². The third kappa shape index (κ3) is 3.20. The third-order valence-corrected chi connectivity index (χ3v) is 3.08. The fourth-order valence-corrected chi connectivity index (χ4v) is 1.98. The quantitative estimate of drug-likeness (QED) is 0.643. The molecule has 0 atom stereocenters. The average molecular weight is 298 g/mol. The molecule has 2 aromatic carbocycles. The van der Waals surface area contributed by atoms with E-state index < -0.39 is 17.9 Å². The summed E-state index contributed by atoms with van der Waals surface area (Å²) in [6, 6.07) is 12.8. The molecule has 0 fully saturated rings. The van der Waals surface area contributed by atoms with Crippen LogP contribution in [0.1, 0.15) is 36.6 Å². The van der Waals surface area contributed by atoms with Crippen molar-refractivity contribution in [1.82, 2.24) is 0 Å². The summed E-state index contributed by atoms with van der Waals surface area (Å²) in [5, 5.41) is 0. The monoisotopic (exact) mass is 298 g/mol. The summed E-state index contributed by atoms with van der Waals surface area (Å²) in [4.78, 5) is 35.9. The number of carbonyl (C=O) groups excluding carboxylic acids is 3. The number of rotatable bonds is 3. The van der Waals surface area contributed by atoms with Crippen LogP contribution in [0.3, 0.4) is 0 Å². The minimum absolute atomic E-state index is 0.00358. The first-order valence-corrected chi connectivity index (χ1v) is 6.54. The van der Waals surface area contributed by atoms with Crippen molar-refractivity contribution >= 4 is 17.9 Å². The van der Waals surface area contributed by atoms with E-state index in [4.69, 9.17) is 4.74 Å². The van der Waals surface area contributed by atoms with E-state index in [1.54, 1.807) is 37.3 Å². The summed E-state index contributed by atoms with van der Waals surface area (Å²) in [5.41, 5.74) is 0.906. The number of benzene rings is 2. The highest BCUT2D eigenvalue weighted by Crippen LogP contribution is 2.17. The van der Waals surface area contributed by atoms with Gasteiger partial charge in [0, 0.05) is 0 Å². The van der Waals surface area contributed by atoms with Crippen LogP contribution in [-0.2, 0) is 9.47 Å². The minimum atomic E-state index is -0.891. The van der Waals surface area contributed by atoms with Gasteiger partial charge in [0.05, 0.1) is 23.8 Å². The minimum Gasteiger partial charge on any atom is -0.465 e. The Bertz CT molecular complexity index is 719. The zero-order valence-electron chi connectivity index (χ0n) is 12.2. The molecule has 0 amide bonds. The van der Waals surface area contributed by atoms with Gasteiger partial charge in [0.1, 0.15) is 0 Å². The first-order valence-electron chi connectivity index (χ1n) is 6.54. The smallest absolute Gasteiger partial charge is 0.346 e. The molecule has 0 radical (unpaired) electrons. The van der Waals surface area contributed by atoms with Gasteiger partial charge in [-0.2, -0.15) is 0 Å². The molecule has 2 rings (SSSR count). The normalized spacial score (nSPS) is 9.91. The second-order valence-electron chi connectivity index (χ2n) is 4.53. The summed E-state index contributed by atoms with van der Waals surface area (Å²) in [7, 11) is 1.22. The van der Waals surface area contributed by atoms with E-state index in [1.807, 2.05) is 0 Å². The Balaban J connectivity index is 2.29. The molecule has 5 nitrogen and oxygen atoms in total. The topological polar surface area (TPSA) is 69.7 Å². The molecule has 2 aromatic rings. The molecule has 0 aromatic heterocycles. The van der Waals surface area contributed by atoms with Crippen LogP contribution >= 0.6 is 0 Å². The predicted molar refractivity (Wildman–Crippen MR) is 78.7 cm³/mol. The molecule has 0 bridgehead atoms. The second-order valence-corrected chi connectivity index (χ2v) is 4.53. The lowest BCUT2D eigenvalue weighted by Gasteiger charge is -2.09. The largest absolute Gasteiger partial charge is 0.465 e. The summed E-state index contributed by atoms with van der Waals surface area (Å²) in [6.07, 6.45) is 0. The second kappa shape index (κ2) is 6.67. The Morgan fingerprint density at radius 1 is 0.818 bits per heavy atom. The van der Waals surface area contributed by atoms with Gasteiger partial charge in [-0.25, -0.2) is 14.4 Å². The fraction of sp³-hybridized carbons (Fsp3) is 0.118. The lowest BCUT2D eigenvalue weighted by atomic mass is 10.0. The molecule has 0 saturated heterocycles. The first kappa shape index (κ1) is 15.4. The van der Waals surface area contributed by atoms with Crippen LogP contribution in [0.2, 0.25) is 0 Å². The average Bonchev–Trinajstić information content (AvgIpc) is 2.54. The van der Waals surface area contributed by atoms with E-state index in [-0.39, 0.29) is 16.7 Å². The highest BCUT2D eigenvalue weighted by atomic mass is 16.6. The van der Waals surface area contributed by atoms with Crippen molar-refractivity contribution in [2.75, 3.05) is 7.11 Å². The maximum Gasteiger partial charge on any atom is 0.346 e. The molecule has 5 heteroatoms. The van der Waals surface area contributed by atoms with Crippen molar-refractivity contribution in [3.05, 3.63) is 70.8 Å². The molecular formula is C17H14O5. The number of aryl methyl sites for hydroxylation is 1. The number of hydrogen-bond acceptors (Lipinski definition) is 5. The van der Waals surface area contributed by atoms with Crippen LogP contribution in [0.4, 0.5) is 0 Å². The van der Waals surface area contributed by atoms with Crippen molar-refractivity contribution in [3.8, 4) is 0 Å². The lowest BCUT2D eigenvalue weighted by Crippen LogP contribution is -2.17. The van der Waals surface area contributed by atoms with Gasteiger partial charge in [0.25, 0.3) is 0 Å². The molecule has 22 heavy (non-hydrogen) atoms. The van der Waals surface area contributed by atoms with Crippen LogP contribution in [0.15, 0.2) is 48.5 Å². The number of methoxy groups -OCH3 is 1. The van der Waals surface area contributed by atoms with Crippen LogP contribution in [0, 0.1) is 6.92 Å². The van der Waals surface area contributed by atoms with Gasteiger partial charge in [-0.3, -0.25) is 0 Å². The highest BCUT2D eigenvalue weighted by molar-refractivity contribution is 6.08. The van der Waals surface area contributed by atoms with Crippen LogP contribution in [-0.4, -0.2) is 25.0 Å². The van der Waals surface area contributed by atoms with E-state index >= 15 is 0 Å². The molecule has 0 spiro atoms. The molecular weight excluding hydrogens is 284 g/mol. The van der Waals surface area contributed by atoms with Gasteiger partial charge in [-0.15, -0.1) is 0 Å². The first-order chi connectivity index (χ1) is 10.5. The Morgan fingerprint density at radius 3 is 2.14 bits per heavy atom. The Kier molecular flexibility index (Phi) is 4.68. The highest BCUT2D eigenvalue weighted by Gasteiger charge is 2.23. The SMILES string of the molecule is COC(=O)c1c(C)cccc1C(=O)OC(=O)c1ccccc1. The molecule has 0 saturated carbocycles. The molecule has 0 aliphatic rings. The maximum atomic E-state index is 12.2. The van der Waals surface area contributed by atoms with Crippen molar-refractivity contribution < 1.29 is 23.9 Å². The van der Waals surface area contributed by atoms with E-state index in [0.717, 1.165) is 0 Å². The van der Waals surface area contributed by atoms with Crippen molar-refractivity contribution in [2.45, 2.75) is 6.92 Å². The number of carbonyl (C=O) groups is 3. The van der Waals surface area contributed by atoms with Crippen molar-refractivity contribution in [2.24, 2.45) is 0 Å². The van der Waals surface area contributed by atoms with Gasteiger partial charge in [0.2, 0.25) is 0 Å². The lowest BCUT2D eigenvalue weighted by molar-refractivity contribution is 0.0389. The predicted octanol–water partition coefficient (Wildman–Crippen LogP) is 2.78. The molecule has 112 valence electrons. The number of hydrogen-bond donors (Lipinski definition) is 0. The zero-order chi connectivity index (χ0) is 16.1. The van der Waals surface area contributed by atoms with Gasteiger partial charge in [-0.05, 0) is 30.7 Å². The molecule has 0 heterocycles. The zero-order valence-corrected chi connectivity index (χ0v) is 12.2. The Morgan fingerprint density at radius 2 is 1.50 bits per heavy atom. The Labute approximate surface area is 127 Å². The number of esters is 3. The van der Waals surface area contributed by atoms with Gasteiger partial charge >= 0.3 is 17.9 Å². The van der Waals surface area contributed by atoms with E-state index in [1.165, 1.54) is 25.3 Å². The van der Waals surface area contributed by atoms with Gasteiger partial charge in [0.15, 0.2) is 0 Å².